The van der Waals surface area contributed by atoms with Crippen LogP contribution in [0.15, 0.2) is 35.6 Å². The number of amides is 2. The zero-order chi connectivity index (χ0) is 20.3. The maximum Gasteiger partial charge on any atom is 0.322 e. The Morgan fingerprint density at radius 3 is 2.57 bits per heavy atom. The van der Waals surface area contributed by atoms with E-state index in [1.165, 1.54) is 4.90 Å². The van der Waals surface area contributed by atoms with Crippen LogP contribution in [0.4, 0.5) is 0 Å². The SMILES string of the molecule is O=C(O)CNC(=O)C1=C(O)CCN(CC2CC(Oc3ccc(Cl)cc3)C2)C1=O. The van der Waals surface area contributed by atoms with Crippen LogP contribution in [-0.2, 0) is 14.4 Å². The molecule has 1 aliphatic heterocycles. The molecule has 28 heavy (non-hydrogen) atoms. The molecule has 0 unspecified atom stereocenters. The van der Waals surface area contributed by atoms with Gasteiger partial charge in [0, 0.05) is 24.5 Å². The lowest BCUT2D eigenvalue weighted by Crippen LogP contribution is -2.48. The molecule has 8 nitrogen and oxygen atoms in total. The van der Waals surface area contributed by atoms with Crippen molar-refractivity contribution < 1.29 is 29.3 Å². The molecule has 0 bridgehead atoms. The molecular weight excluding hydrogens is 388 g/mol. The van der Waals surface area contributed by atoms with Crippen LogP contribution >= 0.6 is 11.6 Å². The van der Waals surface area contributed by atoms with E-state index >= 15 is 0 Å². The van der Waals surface area contributed by atoms with Gasteiger partial charge >= 0.3 is 5.97 Å². The zero-order valence-electron chi connectivity index (χ0n) is 15.1. The standard InChI is InChI=1S/C19H21ClN2O6/c20-12-1-3-13(4-2-12)28-14-7-11(8-14)10-22-6-5-15(23)17(19(22)27)18(26)21-9-16(24)25/h1-4,11,14,23H,5-10H2,(H,21,26)(H,24,25). The molecule has 1 fully saturated rings. The Kier molecular flexibility index (Phi) is 6.08. The van der Waals surface area contributed by atoms with Crippen molar-refractivity contribution in [1.29, 1.82) is 0 Å². The molecule has 0 radical (unpaired) electrons. The Balaban J connectivity index is 1.50. The van der Waals surface area contributed by atoms with Gasteiger partial charge in [-0.1, -0.05) is 11.6 Å². The number of carboxylic acid groups (broad SMARTS) is 1. The van der Waals surface area contributed by atoms with Crippen LogP contribution in [-0.4, -0.2) is 58.6 Å². The van der Waals surface area contributed by atoms with Crippen LogP contribution in [0.5, 0.6) is 5.75 Å². The van der Waals surface area contributed by atoms with Crippen molar-refractivity contribution in [2.75, 3.05) is 19.6 Å². The Bertz CT molecular complexity index is 801. The predicted octanol–water partition coefficient (Wildman–Crippen LogP) is 1.74. The van der Waals surface area contributed by atoms with Crippen molar-refractivity contribution >= 4 is 29.4 Å². The van der Waals surface area contributed by atoms with Gasteiger partial charge in [-0.15, -0.1) is 0 Å². The minimum absolute atomic E-state index is 0.0633. The second-order valence-electron chi connectivity index (χ2n) is 6.93. The van der Waals surface area contributed by atoms with Crippen LogP contribution in [0, 0.1) is 5.92 Å². The number of aliphatic carboxylic acids is 1. The molecule has 1 saturated carbocycles. The van der Waals surface area contributed by atoms with E-state index in [4.69, 9.17) is 21.4 Å². The molecule has 1 aromatic carbocycles. The first kappa shape index (κ1) is 20.0. The average Bonchev–Trinajstić information content (AvgIpc) is 2.61. The number of hydrogen-bond donors (Lipinski definition) is 3. The number of carbonyl (C=O) groups is 3. The number of hydrogen-bond acceptors (Lipinski definition) is 5. The zero-order valence-corrected chi connectivity index (χ0v) is 15.8. The highest BCUT2D eigenvalue weighted by atomic mass is 35.5. The molecule has 0 saturated heterocycles. The number of nitrogens with one attached hydrogen (secondary N) is 1. The van der Waals surface area contributed by atoms with E-state index in [0.29, 0.717) is 18.1 Å². The van der Waals surface area contributed by atoms with E-state index in [-0.39, 0.29) is 29.8 Å². The van der Waals surface area contributed by atoms with Crippen molar-refractivity contribution in [3.05, 3.63) is 40.6 Å². The van der Waals surface area contributed by atoms with E-state index in [0.717, 1.165) is 18.6 Å². The Morgan fingerprint density at radius 1 is 1.25 bits per heavy atom. The summed E-state index contributed by atoms with van der Waals surface area (Å²) in [6.07, 6.45) is 1.79. The topological polar surface area (TPSA) is 116 Å². The van der Waals surface area contributed by atoms with Gasteiger partial charge < -0.3 is 25.2 Å². The summed E-state index contributed by atoms with van der Waals surface area (Å²) in [4.78, 5) is 36.7. The molecule has 9 heteroatoms. The minimum atomic E-state index is -1.23. The van der Waals surface area contributed by atoms with Crippen LogP contribution in [0.2, 0.25) is 5.02 Å². The molecule has 0 spiro atoms. The third kappa shape index (κ3) is 4.75. The number of aliphatic hydroxyl groups is 1. The molecule has 3 rings (SSSR count). The van der Waals surface area contributed by atoms with Crippen molar-refractivity contribution in [1.82, 2.24) is 10.2 Å². The third-order valence-corrected chi connectivity index (χ3v) is 5.07. The van der Waals surface area contributed by atoms with Gasteiger partial charge in [0.2, 0.25) is 0 Å². The highest BCUT2D eigenvalue weighted by Crippen LogP contribution is 2.33. The number of carboxylic acids is 1. The van der Waals surface area contributed by atoms with Crippen molar-refractivity contribution in [2.45, 2.75) is 25.4 Å². The second-order valence-corrected chi connectivity index (χ2v) is 7.37. The van der Waals surface area contributed by atoms with E-state index in [9.17, 15) is 19.5 Å². The normalized spacial score (nSPS) is 21.9. The highest BCUT2D eigenvalue weighted by Gasteiger charge is 2.37. The number of nitrogens with zero attached hydrogens (tertiary/aromatic N) is 1. The van der Waals surface area contributed by atoms with Gasteiger partial charge in [-0.3, -0.25) is 14.4 Å². The van der Waals surface area contributed by atoms with E-state index in [1.807, 2.05) is 0 Å². The molecule has 3 N–H and O–H groups in total. The summed E-state index contributed by atoms with van der Waals surface area (Å²) < 4.78 is 5.85. The fourth-order valence-corrected chi connectivity index (χ4v) is 3.46. The van der Waals surface area contributed by atoms with Crippen LogP contribution < -0.4 is 10.1 Å². The Labute approximate surface area is 166 Å². The number of carbonyl (C=O) groups excluding carboxylic acids is 2. The predicted molar refractivity (Wildman–Crippen MR) is 100 cm³/mol. The number of ether oxygens (including phenoxy) is 1. The molecule has 0 aromatic heterocycles. The number of halogens is 1. The molecule has 1 heterocycles. The largest absolute Gasteiger partial charge is 0.511 e. The molecule has 2 amide bonds. The van der Waals surface area contributed by atoms with Gasteiger partial charge in [-0.2, -0.15) is 0 Å². The summed E-state index contributed by atoms with van der Waals surface area (Å²) >= 11 is 5.85. The van der Waals surface area contributed by atoms with Crippen molar-refractivity contribution in [2.24, 2.45) is 5.92 Å². The highest BCUT2D eigenvalue weighted by molar-refractivity contribution is 6.30. The summed E-state index contributed by atoms with van der Waals surface area (Å²) in [5, 5.41) is 21.3. The van der Waals surface area contributed by atoms with Gasteiger partial charge in [0.05, 0.1) is 6.10 Å². The smallest absolute Gasteiger partial charge is 0.322 e. The van der Waals surface area contributed by atoms with Gasteiger partial charge in [-0.05, 0) is 43.0 Å². The van der Waals surface area contributed by atoms with Crippen LogP contribution in [0.1, 0.15) is 19.3 Å². The number of aliphatic hydroxyl groups excluding tert-OH is 1. The Hall–Kier alpha value is -2.74. The summed E-state index contributed by atoms with van der Waals surface area (Å²) in [6.45, 7) is 0.164. The maximum atomic E-state index is 12.6. The summed E-state index contributed by atoms with van der Waals surface area (Å²) in [6, 6.07) is 7.13. The van der Waals surface area contributed by atoms with Crippen molar-refractivity contribution in [3.8, 4) is 5.75 Å². The monoisotopic (exact) mass is 408 g/mol. The van der Waals surface area contributed by atoms with Gasteiger partial charge in [-0.25, -0.2) is 0 Å². The van der Waals surface area contributed by atoms with Crippen molar-refractivity contribution in [3.63, 3.8) is 0 Å². The molecule has 1 aromatic rings. The third-order valence-electron chi connectivity index (χ3n) is 4.82. The fourth-order valence-electron chi connectivity index (χ4n) is 3.33. The van der Waals surface area contributed by atoms with E-state index in [2.05, 4.69) is 5.32 Å². The molecular formula is C19H21ClN2O6. The van der Waals surface area contributed by atoms with E-state index < -0.39 is 24.3 Å². The van der Waals surface area contributed by atoms with Crippen LogP contribution in [0.3, 0.4) is 0 Å². The molecule has 1 aliphatic carbocycles. The first-order chi connectivity index (χ1) is 13.3. The van der Waals surface area contributed by atoms with Gasteiger partial charge in [0.15, 0.2) is 0 Å². The maximum absolute atomic E-state index is 12.6. The quantitative estimate of drug-likeness (QED) is 0.592. The molecule has 150 valence electrons. The summed E-state index contributed by atoms with van der Waals surface area (Å²) in [5.74, 6) is -1.99. The lowest BCUT2D eigenvalue weighted by atomic mass is 9.81. The van der Waals surface area contributed by atoms with Gasteiger partial charge in [0.25, 0.3) is 11.8 Å². The summed E-state index contributed by atoms with van der Waals surface area (Å²) in [5.41, 5.74) is -0.374. The lowest BCUT2D eigenvalue weighted by molar-refractivity contribution is -0.139. The average molecular weight is 409 g/mol. The first-order valence-corrected chi connectivity index (χ1v) is 9.35. The summed E-state index contributed by atoms with van der Waals surface area (Å²) in [7, 11) is 0. The number of benzene rings is 1. The molecule has 2 aliphatic rings. The Morgan fingerprint density at radius 2 is 1.93 bits per heavy atom. The second kappa shape index (κ2) is 8.52. The lowest BCUT2D eigenvalue weighted by Gasteiger charge is -2.39. The molecule has 0 atom stereocenters. The van der Waals surface area contributed by atoms with Gasteiger partial charge in [0.1, 0.15) is 23.6 Å². The number of rotatable bonds is 7. The first-order valence-electron chi connectivity index (χ1n) is 8.97. The van der Waals surface area contributed by atoms with Crippen LogP contribution in [0.25, 0.3) is 0 Å². The van der Waals surface area contributed by atoms with E-state index in [1.54, 1.807) is 24.3 Å². The fraction of sp³-hybridized carbons (Fsp3) is 0.421. The minimum Gasteiger partial charge on any atom is -0.511 e.